The molecule has 0 aromatic carbocycles. The molecule has 1 N–H and O–H groups in total. The number of aryl methyl sites for hydroxylation is 1. The van der Waals surface area contributed by atoms with Crippen molar-refractivity contribution in [3.8, 4) is 0 Å². The van der Waals surface area contributed by atoms with Crippen LogP contribution >= 0.6 is 0 Å². The van der Waals surface area contributed by atoms with Gasteiger partial charge in [-0.05, 0) is 30.5 Å². The van der Waals surface area contributed by atoms with Crippen molar-refractivity contribution in [1.29, 1.82) is 0 Å². The van der Waals surface area contributed by atoms with Crippen molar-refractivity contribution in [1.82, 2.24) is 10.3 Å². The lowest BCUT2D eigenvalue weighted by atomic mass is 10.0. The average Bonchev–Trinajstić information content (AvgIpc) is 2.15. The van der Waals surface area contributed by atoms with Crippen LogP contribution in [0.4, 0.5) is 0 Å². The monoisotopic (exact) mass is 192 g/mol. The van der Waals surface area contributed by atoms with E-state index in [1.54, 1.807) is 7.05 Å². The molecule has 0 aliphatic heterocycles. The van der Waals surface area contributed by atoms with Gasteiger partial charge < -0.3 is 5.32 Å². The first-order valence-electron chi connectivity index (χ1n) is 4.75. The Kier molecular flexibility index (Phi) is 3.23. The van der Waals surface area contributed by atoms with Gasteiger partial charge in [0.2, 0.25) is 0 Å². The molecule has 3 heteroatoms. The third-order valence-corrected chi connectivity index (χ3v) is 2.10. The summed E-state index contributed by atoms with van der Waals surface area (Å²) in [5.41, 5.74) is 2.53. The molecule has 0 aliphatic carbocycles. The number of pyridine rings is 1. The van der Waals surface area contributed by atoms with Crippen LogP contribution in [0.15, 0.2) is 12.1 Å². The Morgan fingerprint density at radius 2 is 2.07 bits per heavy atom. The van der Waals surface area contributed by atoms with Crippen molar-refractivity contribution in [2.24, 2.45) is 0 Å². The topological polar surface area (TPSA) is 42.0 Å². The summed E-state index contributed by atoms with van der Waals surface area (Å²) in [7, 11) is 1.61. The predicted molar refractivity (Wildman–Crippen MR) is 56.5 cm³/mol. The van der Waals surface area contributed by atoms with Crippen LogP contribution in [0.5, 0.6) is 0 Å². The lowest BCUT2D eigenvalue weighted by Gasteiger charge is -2.08. The summed E-state index contributed by atoms with van der Waals surface area (Å²) in [6.07, 6.45) is 0. The van der Waals surface area contributed by atoms with E-state index in [2.05, 4.69) is 24.1 Å². The van der Waals surface area contributed by atoms with Gasteiger partial charge in [-0.1, -0.05) is 13.8 Å². The molecule has 0 atom stereocenters. The Labute approximate surface area is 84.6 Å². The zero-order valence-corrected chi connectivity index (χ0v) is 9.09. The summed E-state index contributed by atoms with van der Waals surface area (Å²) in [6.45, 7) is 6.10. The van der Waals surface area contributed by atoms with E-state index >= 15 is 0 Å². The Morgan fingerprint density at radius 1 is 1.43 bits per heavy atom. The zero-order valence-electron chi connectivity index (χ0n) is 9.09. The Bertz CT molecular complexity index is 345. The predicted octanol–water partition coefficient (Wildman–Crippen LogP) is 1.87. The summed E-state index contributed by atoms with van der Waals surface area (Å²) >= 11 is 0. The molecule has 1 aromatic rings. The van der Waals surface area contributed by atoms with Crippen LogP contribution in [0.3, 0.4) is 0 Å². The molecule has 76 valence electrons. The van der Waals surface area contributed by atoms with E-state index in [1.165, 1.54) is 0 Å². The van der Waals surface area contributed by atoms with Crippen molar-refractivity contribution in [2.45, 2.75) is 26.7 Å². The van der Waals surface area contributed by atoms with Crippen molar-refractivity contribution >= 4 is 5.91 Å². The quantitative estimate of drug-likeness (QED) is 0.777. The third kappa shape index (κ3) is 2.31. The van der Waals surface area contributed by atoms with Gasteiger partial charge in [-0.15, -0.1) is 0 Å². The maximum atomic E-state index is 11.4. The third-order valence-electron chi connectivity index (χ3n) is 2.10. The smallest absolute Gasteiger partial charge is 0.269 e. The zero-order chi connectivity index (χ0) is 10.7. The lowest BCUT2D eigenvalue weighted by Crippen LogP contribution is -2.19. The first kappa shape index (κ1) is 10.7. The van der Waals surface area contributed by atoms with Crippen molar-refractivity contribution < 1.29 is 4.79 Å². The molecule has 0 saturated carbocycles. The van der Waals surface area contributed by atoms with Gasteiger partial charge in [0.25, 0.3) is 5.91 Å². The van der Waals surface area contributed by atoms with Crippen LogP contribution in [-0.4, -0.2) is 17.9 Å². The largest absolute Gasteiger partial charge is 0.354 e. The second-order valence-electron chi connectivity index (χ2n) is 3.66. The van der Waals surface area contributed by atoms with E-state index in [-0.39, 0.29) is 5.91 Å². The molecule has 0 fully saturated rings. The fraction of sp³-hybridized carbons (Fsp3) is 0.455. The number of carbonyl (C=O) groups excluding carboxylic acids is 1. The van der Waals surface area contributed by atoms with Crippen LogP contribution in [0, 0.1) is 6.92 Å². The van der Waals surface area contributed by atoms with Crippen LogP contribution in [0.2, 0.25) is 0 Å². The maximum Gasteiger partial charge on any atom is 0.269 e. The number of hydrogen-bond donors (Lipinski definition) is 1. The molecule has 1 rings (SSSR count). The second-order valence-corrected chi connectivity index (χ2v) is 3.66. The molecule has 1 aromatic heterocycles. The number of aromatic nitrogens is 1. The molecule has 0 radical (unpaired) electrons. The van der Waals surface area contributed by atoms with Gasteiger partial charge in [0.15, 0.2) is 0 Å². The van der Waals surface area contributed by atoms with Crippen LogP contribution in [0.25, 0.3) is 0 Å². The lowest BCUT2D eigenvalue weighted by molar-refractivity contribution is 0.0958. The Hall–Kier alpha value is -1.38. The molecule has 0 unspecified atom stereocenters. The fourth-order valence-corrected chi connectivity index (χ4v) is 1.27. The maximum absolute atomic E-state index is 11.4. The standard InChI is InChI=1S/C11H16N2O/c1-7(2)9-5-8(3)13-10(6-9)11(14)12-4/h5-7H,1-4H3,(H,12,14). The van der Waals surface area contributed by atoms with Crippen LogP contribution in [-0.2, 0) is 0 Å². The highest BCUT2D eigenvalue weighted by atomic mass is 16.1. The van der Waals surface area contributed by atoms with E-state index in [0.29, 0.717) is 11.6 Å². The summed E-state index contributed by atoms with van der Waals surface area (Å²) in [4.78, 5) is 15.5. The first-order chi connectivity index (χ1) is 6.54. The van der Waals surface area contributed by atoms with Gasteiger partial charge in [0, 0.05) is 12.7 Å². The van der Waals surface area contributed by atoms with E-state index in [9.17, 15) is 4.79 Å². The molecular formula is C11H16N2O. The molecule has 3 nitrogen and oxygen atoms in total. The number of nitrogens with one attached hydrogen (secondary N) is 1. The molecule has 0 saturated heterocycles. The Balaban J connectivity index is 3.13. The average molecular weight is 192 g/mol. The van der Waals surface area contributed by atoms with Crippen molar-refractivity contribution in [3.63, 3.8) is 0 Å². The fourth-order valence-electron chi connectivity index (χ4n) is 1.27. The number of amides is 1. The summed E-state index contributed by atoms with van der Waals surface area (Å²) in [5.74, 6) is 0.288. The molecule has 1 heterocycles. The minimum atomic E-state index is -0.129. The van der Waals surface area contributed by atoms with Gasteiger partial charge >= 0.3 is 0 Å². The Morgan fingerprint density at radius 3 is 2.57 bits per heavy atom. The SMILES string of the molecule is CNC(=O)c1cc(C(C)C)cc(C)n1. The van der Waals surface area contributed by atoms with Crippen LogP contribution in [0.1, 0.15) is 41.5 Å². The van der Waals surface area contributed by atoms with E-state index < -0.39 is 0 Å². The molecular weight excluding hydrogens is 176 g/mol. The molecule has 14 heavy (non-hydrogen) atoms. The van der Waals surface area contributed by atoms with E-state index in [4.69, 9.17) is 0 Å². The summed E-state index contributed by atoms with van der Waals surface area (Å²) in [6, 6.07) is 3.85. The van der Waals surface area contributed by atoms with Crippen molar-refractivity contribution in [2.75, 3.05) is 7.05 Å². The number of nitrogens with zero attached hydrogens (tertiary/aromatic N) is 1. The number of carbonyl (C=O) groups is 1. The number of rotatable bonds is 2. The molecule has 0 aliphatic rings. The minimum Gasteiger partial charge on any atom is -0.354 e. The summed E-state index contributed by atoms with van der Waals surface area (Å²) < 4.78 is 0. The van der Waals surface area contributed by atoms with Gasteiger partial charge in [0.05, 0.1) is 0 Å². The van der Waals surface area contributed by atoms with Crippen molar-refractivity contribution in [3.05, 3.63) is 29.1 Å². The highest BCUT2D eigenvalue weighted by Gasteiger charge is 2.08. The highest BCUT2D eigenvalue weighted by Crippen LogP contribution is 2.15. The van der Waals surface area contributed by atoms with E-state index in [1.807, 2.05) is 19.1 Å². The normalized spacial score (nSPS) is 10.4. The highest BCUT2D eigenvalue weighted by molar-refractivity contribution is 5.92. The van der Waals surface area contributed by atoms with Gasteiger partial charge in [-0.3, -0.25) is 4.79 Å². The van der Waals surface area contributed by atoms with Crippen LogP contribution < -0.4 is 5.32 Å². The van der Waals surface area contributed by atoms with Gasteiger partial charge in [-0.25, -0.2) is 4.98 Å². The minimum absolute atomic E-state index is 0.129. The summed E-state index contributed by atoms with van der Waals surface area (Å²) in [5, 5.41) is 2.57. The van der Waals surface area contributed by atoms with Gasteiger partial charge in [-0.2, -0.15) is 0 Å². The second kappa shape index (κ2) is 4.22. The first-order valence-corrected chi connectivity index (χ1v) is 4.75. The molecule has 0 spiro atoms. The molecule has 1 amide bonds. The molecule has 0 bridgehead atoms. The number of hydrogen-bond acceptors (Lipinski definition) is 2. The van der Waals surface area contributed by atoms with Gasteiger partial charge in [0.1, 0.15) is 5.69 Å². The van der Waals surface area contributed by atoms with E-state index in [0.717, 1.165) is 11.3 Å².